The normalized spacial score (nSPS) is 23.5. The molecule has 0 bridgehead atoms. The second-order valence-corrected chi connectivity index (χ2v) is 7.59. The number of imidazole rings is 1. The fraction of sp³-hybridized carbons (Fsp3) is 0.476. The number of aliphatic hydroxyl groups is 3. The first-order valence-electron chi connectivity index (χ1n) is 10.4. The Morgan fingerprint density at radius 2 is 1.87 bits per heavy atom. The van der Waals surface area contributed by atoms with E-state index in [1.165, 1.54) is 16.5 Å². The Hall–Kier alpha value is -2.79. The summed E-state index contributed by atoms with van der Waals surface area (Å²) in [6.07, 6.45) is 1.02. The zero-order valence-corrected chi connectivity index (χ0v) is 17.0. The fourth-order valence-electron chi connectivity index (χ4n) is 3.69. The van der Waals surface area contributed by atoms with Gasteiger partial charge in [-0.2, -0.15) is 9.97 Å². The molecule has 5 N–H and O–H groups in total. The molecule has 0 aliphatic carbocycles. The second-order valence-electron chi connectivity index (χ2n) is 7.59. The Balaban J connectivity index is 1.37. The van der Waals surface area contributed by atoms with Gasteiger partial charge in [-0.25, -0.2) is 4.98 Å². The van der Waals surface area contributed by atoms with E-state index in [0.717, 1.165) is 25.7 Å². The molecule has 1 fully saturated rings. The van der Waals surface area contributed by atoms with Gasteiger partial charge in [0.15, 0.2) is 23.2 Å². The molecule has 10 heteroatoms. The van der Waals surface area contributed by atoms with E-state index in [-0.39, 0.29) is 11.8 Å². The Morgan fingerprint density at radius 3 is 2.61 bits per heavy atom. The van der Waals surface area contributed by atoms with E-state index in [2.05, 4.69) is 27.1 Å². The third kappa shape index (κ3) is 4.62. The molecule has 10 nitrogen and oxygen atoms in total. The highest BCUT2D eigenvalue weighted by Gasteiger charge is 2.44. The molecule has 2 unspecified atom stereocenters. The van der Waals surface area contributed by atoms with E-state index in [9.17, 15) is 15.3 Å². The van der Waals surface area contributed by atoms with Crippen LogP contribution in [0.4, 0.5) is 5.82 Å². The Kier molecular flexibility index (Phi) is 6.62. The first-order chi connectivity index (χ1) is 15.1. The summed E-state index contributed by atoms with van der Waals surface area (Å²) in [7, 11) is 0. The van der Waals surface area contributed by atoms with Crippen molar-refractivity contribution in [1.29, 1.82) is 0 Å². The predicted molar refractivity (Wildman–Crippen MR) is 112 cm³/mol. The summed E-state index contributed by atoms with van der Waals surface area (Å²) in [6.45, 7) is 0.0266. The number of fused-ring (bicyclic) bond motifs is 1. The van der Waals surface area contributed by atoms with Gasteiger partial charge in [-0.05, 0) is 31.2 Å². The topological polar surface area (TPSA) is 149 Å². The molecular weight excluding hydrogens is 402 g/mol. The van der Waals surface area contributed by atoms with Crippen molar-refractivity contribution >= 4 is 17.0 Å². The molecule has 4 rings (SSSR count). The van der Waals surface area contributed by atoms with Gasteiger partial charge >= 0.3 is 6.01 Å². The minimum atomic E-state index is -1.25. The molecule has 0 spiro atoms. The summed E-state index contributed by atoms with van der Waals surface area (Å²) in [4.78, 5) is 12.7. The highest BCUT2D eigenvalue weighted by atomic mass is 16.6. The second kappa shape index (κ2) is 9.56. The van der Waals surface area contributed by atoms with Gasteiger partial charge < -0.3 is 30.5 Å². The van der Waals surface area contributed by atoms with Crippen molar-refractivity contribution in [3.63, 3.8) is 0 Å². The van der Waals surface area contributed by atoms with Gasteiger partial charge in [0.25, 0.3) is 0 Å². The molecule has 4 atom stereocenters. The number of aliphatic hydroxyl groups excluding tert-OH is 3. The van der Waals surface area contributed by atoms with Crippen LogP contribution in [0.25, 0.3) is 11.2 Å². The van der Waals surface area contributed by atoms with Gasteiger partial charge in [-0.15, -0.1) is 0 Å². The number of hydrogen-bond acceptors (Lipinski definition) is 9. The van der Waals surface area contributed by atoms with Gasteiger partial charge in [0.1, 0.15) is 18.3 Å². The Labute approximate surface area is 179 Å². The van der Waals surface area contributed by atoms with Crippen LogP contribution in [0.2, 0.25) is 0 Å². The maximum atomic E-state index is 10.3. The standard InChI is InChI=1S/C21H27N5O5/c22-18-15-19(26(12-23-15)20-17(29)16(28)14(11-27)31-20)25-21(24-18)30-10-6-2-5-9-13-7-3-1-4-8-13/h1,3-4,7-8,12,14,16-17,20,27-29H,2,5-6,9-11H2,(H2,22,24,25)/t14-,16?,17?,20-/m1/s1. The van der Waals surface area contributed by atoms with Gasteiger partial charge in [0.05, 0.1) is 19.5 Å². The van der Waals surface area contributed by atoms with E-state index in [1.54, 1.807) is 0 Å². The molecule has 2 aromatic heterocycles. The van der Waals surface area contributed by atoms with Crippen molar-refractivity contribution in [2.24, 2.45) is 0 Å². The van der Waals surface area contributed by atoms with Crippen LogP contribution in [0.3, 0.4) is 0 Å². The van der Waals surface area contributed by atoms with Crippen LogP contribution in [0.5, 0.6) is 6.01 Å². The molecule has 1 aliphatic heterocycles. The molecule has 3 aromatic rings. The van der Waals surface area contributed by atoms with Crippen LogP contribution in [-0.4, -0.2) is 66.4 Å². The fourth-order valence-corrected chi connectivity index (χ4v) is 3.69. The van der Waals surface area contributed by atoms with E-state index in [0.29, 0.717) is 17.8 Å². The Morgan fingerprint density at radius 1 is 1.06 bits per heavy atom. The molecule has 3 heterocycles. The largest absolute Gasteiger partial charge is 0.463 e. The van der Waals surface area contributed by atoms with Gasteiger partial charge in [0.2, 0.25) is 0 Å². The first kappa shape index (κ1) is 21.4. The summed E-state index contributed by atoms with van der Waals surface area (Å²) >= 11 is 0. The van der Waals surface area contributed by atoms with Gasteiger partial charge in [-0.3, -0.25) is 4.57 Å². The lowest BCUT2D eigenvalue weighted by Gasteiger charge is -2.16. The number of rotatable bonds is 9. The van der Waals surface area contributed by atoms with Crippen molar-refractivity contribution < 1.29 is 24.8 Å². The molecule has 0 saturated carbocycles. The number of nitrogens with zero attached hydrogens (tertiary/aromatic N) is 4. The number of anilines is 1. The summed E-state index contributed by atoms with van der Waals surface area (Å²) in [5, 5.41) is 29.6. The lowest BCUT2D eigenvalue weighted by Crippen LogP contribution is -2.33. The van der Waals surface area contributed by atoms with Crippen molar-refractivity contribution in [2.45, 2.75) is 50.2 Å². The zero-order valence-electron chi connectivity index (χ0n) is 17.0. The number of nitrogen functional groups attached to an aromatic ring is 1. The van der Waals surface area contributed by atoms with Crippen LogP contribution < -0.4 is 10.5 Å². The van der Waals surface area contributed by atoms with Crippen LogP contribution >= 0.6 is 0 Å². The van der Waals surface area contributed by atoms with Gasteiger partial charge in [-0.1, -0.05) is 30.3 Å². The molecule has 31 heavy (non-hydrogen) atoms. The number of ether oxygens (including phenoxy) is 2. The summed E-state index contributed by atoms with van der Waals surface area (Å²) < 4.78 is 12.7. The Bertz CT molecular complexity index is 998. The predicted octanol–water partition coefficient (Wildman–Crippen LogP) is 0.812. The quantitative estimate of drug-likeness (QED) is 0.363. The van der Waals surface area contributed by atoms with Crippen molar-refractivity contribution in [2.75, 3.05) is 18.9 Å². The minimum absolute atomic E-state index is 0.113. The summed E-state index contributed by atoms with van der Waals surface area (Å²) in [5.74, 6) is 0.148. The summed E-state index contributed by atoms with van der Waals surface area (Å²) in [5.41, 5.74) is 7.98. The van der Waals surface area contributed by atoms with Crippen molar-refractivity contribution in [3.8, 4) is 6.01 Å². The van der Waals surface area contributed by atoms with Crippen LogP contribution in [0.1, 0.15) is 31.1 Å². The molecule has 1 aromatic carbocycles. The average Bonchev–Trinajstić information content (AvgIpc) is 3.32. The number of unbranched alkanes of at least 4 members (excludes halogenated alkanes) is 2. The van der Waals surface area contributed by atoms with E-state index in [1.807, 2.05) is 18.2 Å². The molecule has 0 radical (unpaired) electrons. The highest BCUT2D eigenvalue weighted by molar-refractivity contribution is 5.82. The van der Waals surface area contributed by atoms with Crippen LogP contribution in [-0.2, 0) is 11.2 Å². The molecule has 1 saturated heterocycles. The lowest BCUT2D eigenvalue weighted by molar-refractivity contribution is -0.0511. The van der Waals surface area contributed by atoms with Crippen molar-refractivity contribution in [3.05, 3.63) is 42.2 Å². The number of benzene rings is 1. The highest BCUT2D eigenvalue weighted by Crippen LogP contribution is 2.32. The third-order valence-electron chi connectivity index (χ3n) is 5.40. The smallest absolute Gasteiger partial charge is 0.320 e. The van der Waals surface area contributed by atoms with E-state index in [4.69, 9.17) is 15.2 Å². The number of nitrogens with two attached hydrogens (primary N) is 1. The average molecular weight is 429 g/mol. The number of hydrogen-bond donors (Lipinski definition) is 4. The molecule has 166 valence electrons. The SMILES string of the molecule is Nc1nc(OCCCCCc2ccccc2)nc2c1ncn2[C@@H]1O[C@H](CO)C(O)C1O. The number of aryl methyl sites for hydroxylation is 1. The maximum absolute atomic E-state index is 10.3. The third-order valence-corrected chi connectivity index (χ3v) is 5.40. The van der Waals surface area contributed by atoms with Crippen LogP contribution in [0.15, 0.2) is 36.7 Å². The van der Waals surface area contributed by atoms with E-state index >= 15 is 0 Å². The van der Waals surface area contributed by atoms with Gasteiger partial charge in [0, 0.05) is 0 Å². The monoisotopic (exact) mass is 429 g/mol. The molecule has 1 aliphatic rings. The number of aromatic nitrogens is 4. The summed E-state index contributed by atoms with van der Waals surface area (Å²) in [6, 6.07) is 10.5. The molecule has 0 amide bonds. The van der Waals surface area contributed by atoms with Crippen LogP contribution in [0, 0.1) is 0 Å². The first-order valence-corrected chi connectivity index (χ1v) is 10.4. The lowest BCUT2D eigenvalue weighted by atomic mass is 10.1. The molecular formula is C21H27N5O5. The minimum Gasteiger partial charge on any atom is -0.463 e. The van der Waals surface area contributed by atoms with E-state index < -0.39 is 31.1 Å². The zero-order chi connectivity index (χ0) is 21.8. The maximum Gasteiger partial charge on any atom is 0.320 e. The van der Waals surface area contributed by atoms with Crippen molar-refractivity contribution in [1.82, 2.24) is 19.5 Å².